The Kier molecular flexibility index (Phi) is 5.56. The molecule has 1 saturated carbocycles. The summed E-state index contributed by atoms with van der Waals surface area (Å²) >= 11 is 0. The van der Waals surface area contributed by atoms with Gasteiger partial charge in [0, 0.05) is 0 Å². The lowest BCUT2D eigenvalue weighted by molar-refractivity contribution is -0.157. The van der Waals surface area contributed by atoms with Crippen molar-refractivity contribution < 1.29 is 19.6 Å². The van der Waals surface area contributed by atoms with E-state index >= 15 is 0 Å². The number of benzene rings is 1. The summed E-state index contributed by atoms with van der Waals surface area (Å²) in [7, 11) is 0. The first kappa shape index (κ1) is 18.4. The van der Waals surface area contributed by atoms with E-state index in [1.807, 2.05) is 30.3 Å². The summed E-state index contributed by atoms with van der Waals surface area (Å²) in [6.45, 7) is -0.0622. The number of hydroxylamine groups is 2. The number of hydrogen-bond acceptors (Lipinski definition) is 4. The molecule has 2 N–H and O–H groups in total. The van der Waals surface area contributed by atoms with E-state index in [1.54, 1.807) is 0 Å². The van der Waals surface area contributed by atoms with E-state index in [0.29, 0.717) is 17.4 Å². The van der Waals surface area contributed by atoms with Crippen molar-refractivity contribution in [3.8, 4) is 0 Å². The van der Waals surface area contributed by atoms with E-state index in [-0.39, 0.29) is 25.4 Å². The first-order valence-electron chi connectivity index (χ1n) is 9.13. The minimum atomic E-state index is -1.26. The second-order valence-electron chi connectivity index (χ2n) is 7.30. The van der Waals surface area contributed by atoms with Crippen molar-refractivity contribution in [1.82, 2.24) is 15.3 Å². The van der Waals surface area contributed by atoms with E-state index in [2.05, 4.69) is 5.32 Å². The Labute approximate surface area is 152 Å². The molecule has 1 atom stereocenters. The number of amides is 4. The third kappa shape index (κ3) is 3.88. The lowest BCUT2D eigenvalue weighted by Gasteiger charge is -2.33. The fourth-order valence-corrected chi connectivity index (χ4v) is 4.09. The topological polar surface area (TPSA) is 90.0 Å². The predicted octanol–water partition coefficient (Wildman–Crippen LogP) is 2.30. The number of carbonyl (C=O) groups excluding carboxylic acids is 3. The first-order valence-corrected chi connectivity index (χ1v) is 9.13. The standard InChI is InChI=1S/C19H25N3O4/c23-14-21(26)13-19(11-15-7-3-1-4-8-15)17(24)22(18(25)20-19)12-16-9-5-2-6-10-16/h2,5-6,9-10,14-15,26H,1,3-4,7-8,11-13H2,(H,20,25)/t19-/m0/s1. The largest absolute Gasteiger partial charge is 0.325 e. The molecule has 1 heterocycles. The highest BCUT2D eigenvalue weighted by Crippen LogP contribution is 2.34. The van der Waals surface area contributed by atoms with Crippen molar-refractivity contribution in [1.29, 1.82) is 0 Å². The zero-order valence-corrected chi connectivity index (χ0v) is 14.8. The lowest BCUT2D eigenvalue weighted by atomic mass is 9.79. The molecule has 3 rings (SSSR count). The number of hydrogen-bond donors (Lipinski definition) is 2. The van der Waals surface area contributed by atoms with Crippen LogP contribution in [-0.2, 0) is 16.1 Å². The lowest BCUT2D eigenvalue weighted by Crippen LogP contribution is -2.55. The summed E-state index contributed by atoms with van der Waals surface area (Å²) < 4.78 is 0. The molecule has 1 aliphatic heterocycles. The van der Waals surface area contributed by atoms with Gasteiger partial charge < -0.3 is 5.32 Å². The van der Waals surface area contributed by atoms with Crippen molar-refractivity contribution in [2.45, 2.75) is 50.6 Å². The molecule has 0 bridgehead atoms. The van der Waals surface area contributed by atoms with Gasteiger partial charge in [0.15, 0.2) is 0 Å². The van der Waals surface area contributed by atoms with Crippen LogP contribution >= 0.6 is 0 Å². The highest BCUT2D eigenvalue weighted by Gasteiger charge is 2.52. The molecule has 1 aromatic carbocycles. The van der Waals surface area contributed by atoms with Crippen LogP contribution < -0.4 is 5.32 Å². The van der Waals surface area contributed by atoms with Gasteiger partial charge in [0.2, 0.25) is 6.41 Å². The smallest absolute Gasteiger partial charge is 0.321 e. The summed E-state index contributed by atoms with van der Waals surface area (Å²) in [6.07, 6.45) is 6.09. The van der Waals surface area contributed by atoms with Crippen LogP contribution in [0.2, 0.25) is 0 Å². The molecule has 7 heteroatoms. The van der Waals surface area contributed by atoms with Crippen LogP contribution in [0.3, 0.4) is 0 Å². The molecule has 0 spiro atoms. The molecule has 0 aromatic heterocycles. The maximum Gasteiger partial charge on any atom is 0.325 e. The Bertz CT molecular complexity index is 660. The van der Waals surface area contributed by atoms with Crippen LogP contribution in [-0.4, -0.2) is 45.6 Å². The van der Waals surface area contributed by atoms with Crippen LogP contribution in [0.15, 0.2) is 30.3 Å². The molecule has 0 unspecified atom stereocenters. The average molecular weight is 359 g/mol. The van der Waals surface area contributed by atoms with E-state index in [4.69, 9.17) is 0 Å². The van der Waals surface area contributed by atoms with Gasteiger partial charge in [-0.15, -0.1) is 0 Å². The zero-order chi connectivity index (χ0) is 18.6. The molecule has 1 aliphatic carbocycles. The van der Waals surface area contributed by atoms with E-state index < -0.39 is 11.6 Å². The van der Waals surface area contributed by atoms with Crippen LogP contribution in [0.5, 0.6) is 0 Å². The predicted molar refractivity (Wildman–Crippen MR) is 94.0 cm³/mol. The number of nitrogens with one attached hydrogen (secondary N) is 1. The Morgan fingerprint density at radius 2 is 1.88 bits per heavy atom. The van der Waals surface area contributed by atoms with Gasteiger partial charge >= 0.3 is 6.03 Å². The molecular formula is C19H25N3O4. The van der Waals surface area contributed by atoms with Gasteiger partial charge in [-0.05, 0) is 17.9 Å². The van der Waals surface area contributed by atoms with E-state index in [0.717, 1.165) is 31.2 Å². The summed E-state index contributed by atoms with van der Waals surface area (Å²) in [6, 6.07) is 8.80. The number of imide groups is 1. The molecule has 1 aromatic rings. The van der Waals surface area contributed by atoms with Crippen LogP contribution in [0, 0.1) is 5.92 Å². The molecule has 2 fully saturated rings. The van der Waals surface area contributed by atoms with E-state index in [1.165, 1.54) is 11.3 Å². The Balaban J connectivity index is 1.81. The maximum atomic E-state index is 13.2. The SMILES string of the molecule is O=CN(O)C[C@]1(CC2CCCCC2)NC(=O)N(Cc2ccccc2)C1=O. The zero-order valence-electron chi connectivity index (χ0n) is 14.8. The number of nitrogens with zero attached hydrogens (tertiary/aromatic N) is 2. The first-order chi connectivity index (χ1) is 12.5. The van der Waals surface area contributed by atoms with Crippen molar-refractivity contribution >= 4 is 18.3 Å². The van der Waals surface area contributed by atoms with Gasteiger partial charge in [-0.25, -0.2) is 9.86 Å². The fourth-order valence-electron chi connectivity index (χ4n) is 4.09. The molecule has 140 valence electrons. The van der Waals surface area contributed by atoms with Gasteiger partial charge in [-0.1, -0.05) is 62.4 Å². The maximum absolute atomic E-state index is 13.2. The fraction of sp³-hybridized carbons (Fsp3) is 0.526. The summed E-state index contributed by atoms with van der Waals surface area (Å²) in [5.41, 5.74) is -0.413. The van der Waals surface area contributed by atoms with Crippen LogP contribution in [0.1, 0.15) is 44.1 Å². The number of urea groups is 1. The van der Waals surface area contributed by atoms with Crippen LogP contribution in [0.25, 0.3) is 0 Å². The van der Waals surface area contributed by atoms with Crippen molar-refractivity contribution in [3.63, 3.8) is 0 Å². The van der Waals surface area contributed by atoms with Crippen molar-refractivity contribution in [2.75, 3.05) is 6.54 Å². The molecular weight excluding hydrogens is 334 g/mol. The quantitative estimate of drug-likeness (QED) is 0.338. The highest BCUT2D eigenvalue weighted by molar-refractivity contribution is 6.07. The normalized spacial score (nSPS) is 23.8. The van der Waals surface area contributed by atoms with E-state index in [9.17, 15) is 19.6 Å². The van der Waals surface area contributed by atoms with Gasteiger partial charge in [-0.2, -0.15) is 0 Å². The third-order valence-electron chi connectivity index (χ3n) is 5.34. The Morgan fingerprint density at radius 1 is 1.19 bits per heavy atom. The Hall–Kier alpha value is -2.41. The van der Waals surface area contributed by atoms with Gasteiger partial charge in [0.05, 0.1) is 13.1 Å². The summed E-state index contributed by atoms with van der Waals surface area (Å²) in [5, 5.41) is 13.0. The van der Waals surface area contributed by atoms with Gasteiger partial charge in [0.25, 0.3) is 5.91 Å². The minimum absolute atomic E-state index is 0.171. The van der Waals surface area contributed by atoms with Gasteiger partial charge in [0.1, 0.15) is 5.54 Å². The molecule has 0 radical (unpaired) electrons. The molecule has 1 saturated heterocycles. The summed E-state index contributed by atoms with van der Waals surface area (Å²) in [5.74, 6) is -0.0810. The monoisotopic (exact) mass is 359 g/mol. The van der Waals surface area contributed by atoms with Crippen molar-refractivity contribution in [3.05, 3.63) is 35.9 Å². The third-order valence-corrected chi connectivity index (χ3v) is 5.34. The van der Waals surface area contributed by atoms with Gasteiger partial charge in [-0.3, -0.25) is 19.7 Å². The van der Waals surface area contributed by atoms with Crippen molar-refractivity contribution in [2.24, 2.45) is 5.92 Å². The molecule has 7 nitrogen and oxygen atoms in total. The summed E-state index contributed by atoms with van der Waals surface area (Å²) in [4.78, 5) is 37.8. The molecule has 26 heavy (non-hydrogen) atoms. The Morgan fingerprint density at radius 3 is 2.54 bits per heavy atom. The second kappa shape index (κ2) is 7.86. The molecule has 2 aliphatic rings. The number of rotatable bonds is 7. The minimum Gasteiger partial charge on any atom is -0.321 e. The average Bonchev–Trinajstić information content (AvgIpc) is 2.87. The highest BCUT2D eigenvalue weighted by atomic mass is 16.5. The van der Waals surface area contributed by atoms with Crippen LogP contribution in [0.4, 0.5) is 4.79 Å². The second-order valence-corrected chi connectivity index (χ2v) is 7.30. The molecule has 4 amide bonds. The number of carbonyl (C=O) groups is 3.